The van der Waals surface area contributed by atoms with Crippen LogP contribution in [-0.2, 0) is 22.6 Å². The topological polar surface area (TPSA) is 71.5 Å². The van der Waals surface area contributed by atoms with Crippen LogP contribution in [0.3, 0.4) is 0 Å². The number of rotatable bonds is 5. The number of benzene rings is 1. The van der Waals surface area contributed by atoms with Gasteiger partial charge in [0.2, 0.25) is 5.91 Å². The van der Waals surface area contributed by atoms with Crippen LogP contribution in [0.1, 0.15) is 84.0 Å². The third kappa shape index (κ3) is 5.49. The van der Waals surface area contributed by atoms with Crippen LogP contribution in [0.2, 0.25) is 0 Å². The second kappa shape index (κ2) is 11.4. The SMILES string of the molecule is C=C1CCC2=C(C=C3c4nc5ccc(OC(=O)CC(C)(C)C)cc5c(CC)c4CN3C2=C)C1CC(=O)NC.CC. The Hall–Kier alpha value is -3.67. The zero-order valence-electron chi connectivity index (χ0n) is 25.2. The molecule has 1 aromatic carbocycles. The fourth-order valence-corrected chi connectivity index (χ4v) is 5.94. The first-order valence-corrected chi connectivity index (χ1v) is 14.5. The van der Waals surface area contributed by atoms with Gasteiger partial charge in [-0.2, -0.15) is 0 Å². The molecule has 0 bridgehead atoms. The Morgan fingerprint density at radius 1 is 1.18 bits per heavy atom. The molecule has 1 N–H and O–H groups in total. The minimum atomic E-state index is -0.229. The van der Waals surface area contributed by atoms with Crippen molar-refractivity contribution in [1.82, 2.24) is 15.2 Å². The normalized spacial score (nSPS) is 17.9. The number of pyridine rings is 1. The van der Waals surface area contributed by atoms with Gasteiger partial charge in [0.05, 0.1) is 29.9 Å². The minimum Gasteiger partial charge on any atom is -0.426 e. The van der Waals surface area contributed by atoms with E-state index in [0.29, 0.717) is 25.1 Å². The molecule has 6 heteroatoms. The summed E-state index contributed by atoms with van der Waals surface area (Å²) in [5, 5.41) is 3.78. The lowest BCUT2D eigenvalue weighted by Gasteiger charge is -2.37. The minimum absolute atomic E-state index is 0.0135. The maximum Gasteiger partial charge on any atom is 0.311 e. The number of carbonyl (C=O) groups excluding carboxylic acids is 2. The van der Waals surface area contributed by atoms with Crippen molar-refractivity contribution < 1.29 is 14.3 Å². The van der Waals surface area contributed by atoms with Crippen molar-refractivity contribution in [2.24, 2.45) is 11.3 Å². The summed E-state index contributed by atoms with van der Waals surface area (Å²) in [7, 11) is 1.68. The quantitative estimate of drug-likeness (QED) is 0.245. The third-order valence-corrected chi connectivity index (χ3v) is 7.83. The molecule has 5 rings (SSSR count). The van der Waals surface area contributed by atoms with E-state index >= 15 is 0 Å². The van der Waals surface area contributed by atoms with E-state index in [0.717, 1.165) is 58.4 Å². The lowest BCUT2D eigenvalue weighted by Crippen LogP contribution is -2.29. The number of aromatic nitrogens is 1. The van der Waals surface area contributed by atoms with Crippen molar-refractivity contribution in [2.75, 3.05) is 7.05 Å². The van der Waals surface area contributed by atoms with Gasteiger partial charge in [-0.05, 0) is 65.7 Å². The van der Waals surface area contributed by atoms with Gasteiger partial charge < -0.3 is 15.0 Å². The van der Waals surface area contributed by atoms with Gasteiger partial charge in [0.25, 0.3) is 0 Å². The summed E-state index contributed by atoms with van der Waals surface area (Å²) >= 11 is 0. The van der Waals surface area contributed by atoms with E-state index in [9.17, 15) is 9.59 Å². The lowest BCUT2D eigenvalue weighted by molar-refractivity contribution is -0.136. The van der Waals surface area contributed by atoms with Crippen molar-refractivity contribution in [1.29, 1.82) is 0 Å². The number of nitrogens with one attached hydrogen (secondary N) is 1. The third-order valence-electron chi connectivity index (χ3n) is 7.83. The molecule has 1 atom stereocenters. The standard InChI is InChI=1S/C32H37N3O3.C2H6/c1-8-21-25-13-20(38-30(37)16-32(4,5)6)10-12-27(25)34-31-26(21)17-35-19(3)22-11-9-18(2)23(15-29(36)33-7)24(22)14-28(31)35;1-2/h10,12-14,23H,2-3,8-9,11,15-17H2,1,4-7H3,(H,33,36);1-2H3. The molecule has 0 fully saturated rings. The van der Waals surface area contributed by atoms with E-state index in [1.165, 1.54) is 16.7 Å². The van der Waals surface area contributed by atoms with Crippen molar-refractivity contribution in [3.8, 4) is 5.75 Å². The molecule has 6 nitrogen and oxygen atoms in total. The molecule has 1 amide bonds. The number of carbonyl (C=O) groups is 2. The number of fused-ring (bicyclic) bond motifs is 4. The fraction of sp³-hybridized carbons (Fsp3) is 0.441. The average molecular weight is 542 g/mol. The summed E-state index contributed by atoms with van der Waals surface area (Å²) in [4.78, 5) is 32.2. The summed E-state index contributed by atoms with van der Waals surface area (Å²) in [5.41, 5.74) is 9.61. The molecule has 1 aliphatic carbocycles. The van der Waals surface area contributed by atoms with Gasteiger partial charge in [-0.15, -0.1) is 0 Å². The molecule has 0 spiro atoms. The molecule has 40 heavy (non-hydrogen) atoms. The monoisotopic (exact) mass is 541 g/mol. The summed E-state index contributed by atoms with van der Waals surface area (Å²) in [6, 6.07) is 5.72. The summed E-state index contributed by atoms with van der Waals surface area (Å²) < 4.78 is 5.71. The second-order valence-corrected chi connectivity index (χ2v) is 11.7. The zero-order chi connectivity index (χ0) is 29.4. The summed E-state index contributed by atoms with van der Waals surface area (Å²) in [6.45, 7) is 21.7. The molecule has 3 aliphatic rings. The van der Waals surface area contributed by atoms with Crippen LogP contribution in [0.25, 0.3) is 16.6 Å². The van der Waals surface area contributed by atoms with Gasteiger partial charge in [0.1, 0.15) is 5.75 Å². The van der Waals surface area contributed by atoms with Crippen LogP contribution in [0.5, 0.6) is 5.75 Å². The molecule has 3 heterocycles. The van der Waals surface area contributed by atoms with E-state index in [1.807, 2.05) is 52.8 Å². The molecule has 0 saturated carbocycles. The number of amides is 1. The average Bonchev–Trinajstić information content (AvgIpc) is 3.27. The van der Waals surface area contributed by atoms with Crippen LogP contribution in [0, 0.1) is 11.3 Å². The number of hydrogen-bond acceptors (Lipinski definition) is 5. The van der Waals surface area contributed by atoms with Crippen LogP contribution in [-0.4, -0.2) is 28.8 Å². The highest BCUT2D eigenvalue weighted by Crippen LogP contribution is 2.49. The van der Waals surface area contributed by atoms with Crippen LogP contribution in [0.4, 0.5) is 0 Å². The van der Waals surface area contributed by atoms with Gasteiger partial charge in [-0.3, -0.25) is 9.59 Å². The predicted molar refractivity (Wildman–Crippen MR) is 162 cm³/mol. The molecule has 212 valence electrons. The summed E-state index contributed by atoms with van der Waals surface area (Å²) in [6.07, 6.45) is 5.53. The first kappa shape index (κ1) is 29.3. The first-order valence-electron chi connectivity index (χ1n) is 14.5. The zero-order valence-corrected chi connectivity index (χ0v) is 25.2. The largest absolute Gasteiger partial charge is 0.426 e. The molecule has 1 unspecified atom stereocenters. The number of aryl methyl sites for hydroxylation is 1. The highest BCUT2D eigenvalue weighted by atomic mass is 16.5. The molecular weight excluding hydrogens is 498 g/mol. The molecule has 0 radical (unpaired) electrons. The van der Waals surface area contributed by atoms with Crippen LogP contribution in [0.15, 0.2) is 59.8 Å². The number of esters is 1. The highest BCUT2D eigenvalue weighted by molar-refractivity contribution is 5.90. The Morgan fingerprint density at radius 2 is 1.90 bits per heavy atom. The van der Waals surface area contributed by atoms with E-state index in [1.54, 1.807) is 7.05 Å². The van der Waals surface area contributed by atoms with E-state index in [-0.39, 0.29) is 23.2 Å². The van der Waals surface area contributed by atoms with Gasteiger partial charge in [-0.1, -0.05) is 60.3 Å². The maximum absolute atomic E-state index is 12.5. The van der Waals surface area contributed by atoms with Crippen molar-refractivity contribution >= 4 is 28.5 Å². The van der Waals surface area contributed by atoms with Gasteiger partial charge >= 0.3 is 5.97 Å². The molecule has 0 saturated heterocycles. The van der Waals surface area contributed by atoms with Crippen LogP contribution < -0.4 is 10.1 Å². The number of allylic oxidation sites excluding steroid dienone is 4. The van der Waals surface area contributed by atoms with E-state index in [4.69, 9.17) is 9.72 Å². The van der Waals surface area contributed by atoms with Crippen molar-refractivity contribution in [3.63, 3.8) is 0 Å². The number of ether oxygens (including phenoxy) is 1. The highest BCUT2D eigenvalue weighted by Gasteiger charge is 2.38. The second-order valence-electron chi connectivity index (χ2n) is 11.7. The van der Waals surface area contributed by atoms with Gasteiger partial charge in [-0.25, -0.2) is 4.98 Å². The van der Waals surface area contributed by atoms with Crippen molar-refractivity contribution in [3.05, 3.63) is 76.7 Å². The Labute approximate surface area is 238 Å². The Balaban J connectivity index is 0.00000181. The van der Waals surface area contributed by atoms with Gasteiger partial charge in [0, 0.05) is 36.0 Å². The Kier molecular flexibility index (Phi) is 8.38. The molecule has 1 aromatic heterocycles. The number of nitrogens with zero attached hydrogens (tertiary/aromatic N) is 2. The number of hydrogen-bond donors (Lipinski definition) is 1. The lowest BCUT2D eigenvalue weighted by atomic mass is 9.75. The summed E-state index contributed by atoms with van der Waals surface area (Å²) in [5.74, 6) is 0.313. The van der Waals surface area contributed by atoms with Gasteiger partial charge in [0.15, 0.2) is 0 Å². The Bertz CT molecular complexity index is 1460. The molecule has 2 aromatic rings. The van der Waals surface area contributed by atoms with Crippen molar-refractivity contribution in [2.45, 2.75) is 80.2 Å². The van der Waals surface area contributed by atoms with Crippen LogP contribution >= 0.6 is 0 Å². The maximum atomic E-state index is 12.5. The Morgan fingerprint density at radius 3 is 2.55 bits per heavy atom. The van der Waals surface area contributed by atoms with E-state index < -0.39 is 0 Å². The smallest absolute Gasteiger partial charge is 0.311 e. The molecule has 2 aliphatic heterocycles. The molecular formula is C34H43N3O3. The fourth-order valence-electron chi connectivity index (χ4n) is 5.94. The first-order chi connectivity index (χ1) is 19.0. The van der Waals surface area contributed by atoms with E-state index in [2.05, 4.69) is 36.4 Å². The predicted octanol–water partition coefficient (Wildman–Crippen LogP) is 7.25.